The number of rotatable bonds is 6. The first-order chi connectivity index (χ1) is 13.5. The van der Waals surface area contributed by atoms with Crippen LogP contribution in [-0.2, 0) is 4.79 Å². The summed E-state index contributed by atoms with van der Waals surface area (Å²) in [5.74, 6) is -0.886. The number of carboxylic acid groups (broad SMARTS) is 1. The van der Waals surface area contributed by atoms with Crippen LogP contribution in [-0.4, -0.2) is 36.6 Å². The highest BCUT2D eigenvalue weighted by Gasteiger charge is 2.28. The van der Waals surface area contributed by atoms with Gasteiger partial charge in [0, 0.05) is 25.3 Å². The van der Waals surface area contributed by atoms with Crippen molar-refractivity contribution >= 4 is 17.6 Å². The van der Waals surface area contributed by atoms with Crippen molar-refractivity contribution in [2.75, 3.05) is 24.5 Å². The van der Waals surface area contributed by atoms with Gasteiger partial charge >= 0.3 is 5.97 Å². The lowest BCUT2D eigenvalue weighted by Crippen LogP contribution is -2.36. The second kappa shape index (κ2) is 8.91. The number of anilines is 1. The fraction of sp³-hybridized carbons (Fsp3) is 0.391. The minimum absolute atomic E-state index is 0.0666. The molecule has 1 fully saturated rings. The molecule has 2 unspecified atom stereocenters. The molecule has 0 aliphatic carbocycles. The van der Waals surface area contributed by atoms with Crippen molar-refractivity contribution < 1.29 is 14.7 Å². The molecule has 0 bridgehead atoms. The summed E-state index contributed by atoms with van der Waals surface area (Å²) in [6.45, 7) is 6.69. The fourth-order valence-electron chi connectivity index (χ4n) is 3.99. The van der Waals surface area contributed by atoms with E-state index in [0.717, 1.165) is 36.3 Å². The summed E-state index contributed by atoms with van der Waals surface area (Å²) in [6.07, 6.45) is 2.38. The van der Waals surface area contributed by atoms with Crippen molar-refractivity contribution in [1.29, 1.82) is 0 Å². The van der Waals surface area contributed by atoms with Gasteiger partial charge in [-0.1, -0.05) is 37.3 Å². The molecule has 0 radical (unpaired) electrons. The lowest BCUT2D eigenvalue weighted by molar-refractivity contribution is -0.121. The number of benzene rings is 2. The van der Waals surface area contributed by atoms with E-state index in [1.807, 2.05) is 25.1 Å². The van der Waals surface area contributed by atoms with Crippen molar-refractivity contribution in [2.24, 2.45) is 5.92 Å². The topological polar surface area (TPSA) is 69.6 Å². The zero-order chi connectivity index (χ0) is 20.1. The zero-order valence-corrected chi connectivity index (χ0v) is 16.5. The molecule has 0 saturated carbocycles. The standard InChI is InChI=1S/C23H28N2O3/c1-3-24-22(26)21(17-10-12-18(13-11-17)23(27)28)19-8-4-5-9-20(19)25-14-6-7-16(2)15-25/h4-5,8-13,16,21H,3,6-7,14-15H2,1-2H3,(H,24,26)(H,27,28). The number of carbonyl (C=O) groups is 2. The lowest BCUT2D eigenvalue weighted by atomic mass is 9.87. The minimum Gasteiger partial charge on any atom is -0.478 e. The molecule has 1 amide bonds. The average molecular weight is 380 g/mol. The Labute approximate surface area is 166 Å². The number of para-hydroxylation sites is 1. The highest BCUT2D eigenvalue weighted by molar-refractivity contribution is 5.90. The van der Waals surface area contributed by atoms with Crippen molar-refractivity contribution in [1.82, 2.24) is 5.32 Å². The normalized spacial score (nSPS) is 17.8. The Morgan fingerprint density at radius 2 is 1.89 bits per heavy atom. The number of nitrogens with zero attached hydrogens (tertiary/aromatic N) is 1. The number of carbonyl (C=O) groups excluding carboxylic acids is 1. The summed E-state index contributed by atoms with van der Waals surface area (Å²) in [5, 5.41) is 12.1. The van der Waals surface area contributed by atoms with Crippen LogP contribution in [0.3, 0.4) is 0 Å². The van der Waals surface area contributed by atoms with Crippen molar-refractivity contribution in [2.45, 2.75) is 32.6 Å². The number of carboxylic acids is 1. The molecule has 1 aliphatic rings. The Hall–Kier alpha value is -2.82. The maximum absolute atomic E-state index is 13.0. The first-order valence-electron chi connectivity index (χ1n) is 9.96. The molecule has 0 aromatic heterocycles. The summed E-state index contributed by atoms with van der Waals surface area (Å²) in [6, 6.07) is 14.7. The molecule has 1 heterocycles. The van der Waals surface area contributed by atoms with Gasteiger partial charge in [-0.25, -0.2) is 4.79 Å². The lowest BCUT2D eigenvalue weighted by Gasteiger charge is -2.35. The molecule has 5 heteroatoms. The molecule has 28 heavy (non-hydrogen) atoms. The summed E-state index contributed by atoms with van der Waals surface area (Å²) >= 11 is 0. The van der Waals surface area contributed by atoms with Gasteiger partial charge in [0.05, 0.1) is 11.5 Å². The van der Waals surface area contributed by atoms with E-state index < -0.39 is 11.9 Å². The SMILES string of the molecule is CCNC(=O)C(c1ccc(C(=O)O)cc1)c1ccccc1N1CCCC(C)C1. The van der Waals surface area contributed by atoms with Crippen LogP contribution in [0.25, 0.3) is 0 Å². The van der Waals surface area contributed by atoms with Gasteiger partial charge < -0.3 is 15.3 Å². The molecule has 0 spiro atoms. The summed E-state index contributed by atoms with van der Waals surface area (Å²) in [7, 11) is 0. The van der Waals surface area contributed by atoms with Crippen LogP contribution in [0.1, 0.15) is 54.1 Å². The molecular weight excluding hydrogens is 352 g/mol. The Kier molecular flexibility index (Phi) is 6.34. The van der Waals surface area contributed by atoms with Gasteiger partial charge in [0.25, 0.3) is 0 Å². The number of hydrogen-bond donors (Lipinski definition) is 2. The van der Waals surface area contributed by atoms with E-state index in [2.05, 4.69) is 23.2 Å². The predicted molar refractivity (Wildman–Crippen MR) is 111 cm³/mol. The maximum Gasteiger partial charge on any atom is 0.335 e. The molecule has 2 aromatic rings. The monoisotopic (exact) mass is 380 g/mol. The summed E-state index contributed by atoms with van der Waals surface area (Å²) < 4.78 is 0. The Morgan fingerprint density at radius 3 is 2.54 bits per heavy atom. The molecule has 5 nitrogen and oxygen atoms in total. The van der Waals surface area contributed by atoms with Crippen LogP contribution in [0.4, 0.5) is 5.69 Å². The van der Waals surface area contributed by atoms with E-state index in [9.17, 15) is 14.7 Å². The van der Waals surface area contributed by atoms with E-state index >= 15 is 0 Å². The molecule has 1 saturated heterocycles. The highest BCUT2D eigenvalue weighted by atomic mass is 16.4. The summed E-state index contributed by atoms with van der Waals surface area (Å²) in [5.41, 5.74) is 3.07. The molecule has 148 valence electrons. The fourth-order valence-corrected chi connectivity index (χ4v) is 3.99. The third kappa shape index (κ3) is 4.35. The van der Waals surface area contributed by atoms with Crippen LogP contribution in [0, 0.1) is 5.92 Å². The largest absolute Gasteiger partial charge is 0.478 e. The van der Waals surface area contributed by atoms with Crippen molar-refractivity contribution in [3.8, 4) is 0 Å². The third-order valence-corrected chi connectivity index (χ3v) is 5.35. The predicted octanol–water partition coefficient (Wildman–Crippen LogP) is 3.89. The first kappa shape index (κ1) is 19.9. The van der Waals surface area contributed by atoms with E-state index in [-0.39, 0.29) is 11.5 Å². The van der Waals surface area contributed by atoms with E-state index in [4.69, 9.17) is 0 Å². The number of likely N-dealkylation sites (N-methyl/N-ethyl adjacent to an activating group) is 1. The average Bonchev–Trinajstić information content (AvgIpc) is 2.69. The van der Waals surface area contributed by atoms with E-state index in [0.29, 0.717) is 12.5 Å². The van der Waals surface area contributed by atoms with Crippen molar-refractivity contribution in [3.63, 3.8) is 0 Å². The number of hydrogen-bond acceptors (Lipinski definition) is 3. The van der Waals surface area contributed by atoms with E-state index in [1.54, 1.807) is 24.3 Å². The number of nitrogens with one attached hydrogen (secondary N) is 1. The quantitative estimate of drug-likeness (QED) is 0.798. The van der Waals surface area contributed by atoms with Gasteiger partial charge in [0.15, 0.2) is 0 Å². The van der Waals surface area contributed by atoms with Crippen LogP contribution in [0.5, 0.6) is 0 Å². The van der Waals surface area contributed by atoms with Crippen LogP contribution >= 0.6 is 0 Å². The Bertz CT molecular complexity index is 832. The maximum atomic E-state index is 13.0. The third-order valence-electron chi connectivity index (χ3n) is 5.35. The smallest absolute Gasteiger partial charge is 0.335 e. The van der Waals surface area contributed by atoms with Gasteiger partial charge in [-0.05, 0) is 55.0 Å². The second-order valence-electron chi connectivity index (χ2n) is 7.51. The minimum atomic E-state index is -0.969. The second-order valence-corrected chi connectivity index (χ2v) is 7.51. The first-order valence-corrected chi connectivity index (χ1v) is 9.96. The Balaban J connectivity index is 2.03. The van der Waals surface area contributed by atoms with Crippen molar-refractivity contribution in [3.05, 3.63) is 65.2 Å². The number of amides is 1. The molecule has 2 N–H and O–H groups in total. The van der Waals surface area contributed by atoms with Crippen LogP contribution in [0.2, 0.25) is 0 Å². The van der Waals surface area contributed by atoms with Crippen LogP contribution in [0.15, 0.2) is 48.5 Å². The van der Waals surface area contributed by atoms with Gasteiger partial charge in [-0.15, -0.1) is 0 Å². The number of aromatic carboxylic acids is 1. The number of piperidine rings is 1. The summed E-state index contributed by atoms with van der Waals surface area (Å²) in [4.78, 5) is 26.6. The van der Waals surface area contributed by atoms with Gasteiger partial charge in [0.2, 0.25) is 5.91 Å². The molecule has 1 aliphatic heterocycles. The molecule has 2 atom stereocenters. The van der Waals surface area contributed by atoms with Gasteiger partial charge in [-0.3, -0.25) is 4.79 Å². The van der Waals surface area contributed by atoms with E-state index in [1.165, 1.54) is 6.42 Å². The highest BCUT2D eigenvalue weighted by Crippen LogP contribution is 2.35. The molecule has 2 aromatic carbocycles. The zero-order valence-electron chi connectivity index (χ0n) is 16.5. The van der Waals surface area contributed by atoms with Gasteiger partial charge in [0.1, 0.15) is 0 Å². The van der Waals surface area contributed by atoms with Gasteiger partial charge in [-0.2, -0.15) is 0 Å². The van der Waals surface area contributed by atoms with Crippen LogP contribution < -0.4 is 10.2 Å². The Morgan fingerprint density at radius 1 is 1.18 bits per heavy atom. The molecular formula is C23H28N2O3. The molecule has 3 rings (SSSR count).